The summed E-state index contributed by atoms with van der Waals surface area (Å²) in [6.07, 6.45) is 4.86. The standard InChI is InChI=1S/C11H18N6/c1-16(8-4-5-8)10-13-9(12)14-11(15-10)17-6-2-3-7-17/h8H,2-7H2,1H3,(H2,12,13,14,15). The van der Waals surface area contributed by atoms with Crippen LogP contribution in [0.4, 0.5) is 17.8 Å². The van der Waals surface area contributed by atoms with E-state index in [1.807, 2.05) is 7.05 Å². The highest BCUT2D eigenvalue weighted by molar-refractivity contribution is 5.44. The molecule has 1 aromatic heterocycles. The van der Waals surface area contributed by atoms with E-state index in [2.05, 4.69) is 24.8 Å². The third kappa shape index (κ3) is 2.11. The molecule has 0 atom stereocenters. The minimum absolute atomic E-state index is 0.324. The number of hydrogen-bond acceptors (Lipinski definition) is 6. The van der Waals surface area contributed by atoms with Crippen LogP contribution in [-0.4, -0.2) is 41.1 Å². The molecule has 3 rings (SSSR count). The van der Waals surface area contributed by atoms with Gasteiger partial charge in [-0.25, -0.2) is 0 Å². The van der Waals surface area contributed by atoms with Crippen LogP contribution in [0.1, 0.15) is 25.7 Å². The van der Waals surface area contributed by atoms with E-state index in [-0.39, 0.29) is 0 Å². The third-order valence-corrected chi connectivity index (χ3v) is 3.43. The van der Waals surface area contributed by atoms with Gasteiger partial charge in [-0.05, 0) is 25.7 Å². The average molecular weight is 234 g/mol. The molecule has 1 aliphatic carbocycles. The van der Waals surface area contributed by atoms with Crippen LogP contribution < -0.4 is 15.5 Å². The molecule has 92 valence electrons. The highest BCUT2D eigenvalue weighted by Gasteiger charge is 2.29. The lowest BCUT2D eigenvalue weighted by molar-refractivity contribution is 0.825. The second kappa shape index (κ2) is 4.01. The Hall–Kier alpha value is -1.59. The van der Waals surface area contributed by atoms with E-state index in [4.69, 9.17) is 5.73 Å². The summed E-state index contributed by atoms with van der Waals surface area (Å²) in [6.45, 7) is 2.05. The van der Waals surface area contributed by atoms with Gasteiger partial charge in [-0.2, -0.15) is 15.0 Å². The summed E-state index contributed by atoms with van der Waals surface area (Å²) < 4.78 is 0. The van der Waals surface area contributed by atoms with Crippen LogP contribution >= 0.6 is 0 Å². The molecule has 0 aromatic carbocycles. The van der Waals surface area contributed by atoms with E-state index < -0.39 is 0 Å². The minimum Gasteiger partial charge on any atom is -0.368 e. The Morgan fingerprint density at radius 1 is 1.18 bits per heavy atom. The van der Waals surface area contributed by atoms with Crippen LogP contribution in [0.15, 0.2) is 0 Å². The van der Waals surface area contributed by atoms with Crippen molar-refractivity contribution in [3.05, 3.63) is 0 Å². The van der Waals surface area contributed by atoms with Crippen molar-refractivity contribution in [2.24, 2.45) is 0 Å². The summed E-state index contributed by atoms with van der Waals surface area (Å²) in [7, 11) is 2.03. The Morgan fingerprint density at radius 3 is 2.53 bits per heavy atom. The number of nitrogens with zero attached hydrogens (tertiary/aromatic N) is 5. The van der Waals surface area contributed by atoms with Gasteiger partial charge in [-0.15, -0.1) is 0 Å². The highest BCUT2D eigenvalue weighted by atomic mass is 15.4. The van der Waals surface area contributed by atoms with Crippen LogP contribution in [-0.2, 0) is 0 Å². The number of nitrogen functional groups attached to an aromatic ring is 1. The summed E-state index contributed by atoms with van der Waals surface area (Å²) in [6, 6.07) is 0.586. The van der Waals surface area contributed by atoms with E-state index in [9.17, 15) is 0 Å². The van der Waals surface area contributed by atoms with E-state index in [1.54, 1.807) is 0 Å². The monoisotopic (exact) mass is 234 g/mol. The summed E-state index contributed by atoms with van der Waals surface area (Å²) >= 11 is 0. The van der Waals surface area contributed by atoms with Crippen LogP contribution in [0.2, 0.25) is 0 Å². The SMILES string of the molecule is CN(c1nc(N)nc(N2CCCC2)n1)C1CC1. The summed E-state index contributed by atoms with van der Waals surface area (Å²) in [5, 5.41) is 0. The van der Waals surface area contributed by atoms with E-state index >= 15 is 0 Å². The maximum Gasteiger partial charge on any atom is 0.231 e. The smallest absolute Gasteiger partial charge is 0.231 e. The average Bonchev–Trinajstić information content (AvgIpc) is 3.02. The molecule has 6 heteroatoms. The molecule has 1 saturated heterocycles. The Morgan fingerprint density at radius 2 is 1.88 bits per heavy atom. The highest BCUT2D eigenvalue weighted by Crippen LogP contribution is 2.29. The van der Waals surface area contributed by atoms with Gasteiger partial charge < -0.3 is 15.5 Å². The minimum atomic E-state index is 0.324. The van der Waals surface area contributed by atoms with Crippen molar-refractivity contribution in [1.29, 1.82) is 0 Å². The number of nitrogens with two attached hydrogens (primary N) is 1. The Bertz CT molecular complexity index is 390. The van der Waals surface area contributed by atoms with E-state index in [0.29, 0.717) is 17.9 Å². The zero-order valence-corrected chi connectivity index (χ0v) is 10.1. The molecule has 2 fully saturated rings. The van der Waals surface area contributed by atoms with Crippen molar-refractivity contribution < 1.29 is 0 Å². The van der Waals surface area contributed by atoms with Crippen LogP contribution in [0, 0.1) is 0 Å². The molecule has 2 N–H and O–H groups in total. The fourth-order valence-electron chi connectivity index (χ4n) is 2.21. The quantitative estimate of drug-likeness (QED) is 0.828. The predicted octanol–water partition coefficient (Wildman–Crippen LogP) is 0.653. The molecule has 0 radical (unpaired) electrons. The number of rotatable bonds is 3. The number of aromatic nitrogens is 3. The van der Waals surface area contributed by atoms with E-state index in [1.165, 1.54) is 25.7 Å². The Kier molecular flexibility index (Phi) is 2.49. The lowest BCUT2D eigenvalue weighted by Gasteiger charge is -2.20. The predicted molar refractivity (Wildman–Crippen MR) is 67.1 cm³/mol. The van der Waals surface area contributed by atoms with Gasteiger partial charge in [0.15, 0.2) is 0 Å². The molecule has 17 heavy (non-hydrogen) atoms. The van der Waals surface area contributed by atoms with Gasteiger partial charge in [0.25, 0.3) is 0 Å². The topological polar surface area (TPSA) is 71.2 Å². The molecule has 0 spiro atoms. The van der Waals surface area contributed by atoms with Crippen molar-refractivity contribution in [3.63, 3.8) is 0 Å². The molecule has 0 bridgehead atoms. The molecule has 2 aliphatic rings. The molecule has 1 aromatic rings. The van der Waals surface area contributed by atoms with Crippen LogP contribution in [0.3, 0.4) is 0 Å². The zero-order chi connectivity index (χ0) is 11.8. The van der Waals surface area contributed by atoms with Crippen molar-refractivity contribution in [2.45, 2.75) is 31.7 Å². The Balaban J connectivity index is 1.88. The van der Waals surface area contributed by atoms with Gasteiger partial charge in [0.2, 0.25) is 17.8 Å². The largest absolute Gasteiger partial charge is 0.368 e. The first-order valence-corrected chi connectivity index (χ1v) is 6.23. The zero-order valence-electron chi connectivity index (χ0n) is 10.1. The maximum atomic E-state index is 5.77. The first kappa shape index (κ1) is 10.6. The third-order valence-electron chi connectivity index (χ3n) is 3.43. The van der Waals surface area contributed by atoms with Crippen molar-refractivity contribution in [3.8, 4) is 0 Å². The molecular formula is C11H18N6. The fourth-order valence-corrected chi connectivity index (χ4v) is 2.21. The van der Waals surface area contributed by atoms with Gasteiger partial charge in [-0.1, -0.05) is 0 Å². The number of hydrogen-bond donors (Lipinski definition) is 1. The Labute approximate surface area is 101 Å². The molecule has 6 nitrogen and oxygen atoms in total. The molecule has 0 amide bonds. The van der Waals surface area contributed by atoms with Crippen molar-refractivity contribution >= 4 is 17.8 Å². The summed E-state index contributed by atoms with van der Waals surface area (Å²) in [5.41, 5.74) is 5.77. The molecule has 2 heterocycles. The molecule has 1 aliphatic heterocycles. The molecular weight excluding hydrogens is 216 g/mol. The van der Waals surface area contributed by atoms with E-state index in [0.717, 1.165) is 19.0 Å². The van der Waals surface area contributed by atoms with Crippen molar-refractivity contribution in [1.82, 2.24) is 15.0 Å². The summed E-state index contributed by atoms with van der Waals surface area (Å²) in [4.78, 5) is 17.3. The number of anilines is 3. The molecule has 0 unspecified atom stereocenters. The second-order valence-corrected chi connectivity index (χ2v) is 4.83. The fraction of sp³-hybridized carbons (Fsp3) is 0.727. The maximum absolute atomic E-state index is 5.77. The first-order chi connectivity index (χ1) is 8.24. The normalized spacial score (nSPS) is 19.7. The van der Waals surface area contributed by atoms with Gasteiger partial charge in [0, 0.05) is 26.2 Å². The van der Waals surface area contributed by atoms with Gasteiger partial charge >= 0.3 is 0 Å². The van der Waals surface area contributed by atoms with Gasteiger partial charge in [0.1, 0.15) is 0 Å². The van der Waals surface area contributed by atoms with Crippen molar-refractivity contribution in [2.75, 3.05) is 35.7 Å². The van der Waals surface area contributed by atoms with Crippen LogP contribution in [0.5, 0.6) is 0 Å². The molecule has 1 saturated carbocycles. The van der Waals surface area contributed by atoms with Gasteiger partial charge in [-0.3, -0.25) is 0 Å². The summed E-state index contributed by atoms with van der Waals surface area (Å²) in [5.74, 6) is 1.77. The van der Waals surface area contributed by atoms with Crippen LogP contribution in [0.25, 0.3) is 0 Å². The second-order valence-electron chi connectivity index (χ2n) is 4.83. The lowest BCUT2D eigenvalue weighted by atomic mass is 10.4. The first-order valence-electron chi connectivity index (χ1n) is 6.23. The van der Waals surface area contributed by atoms with Gasteiger partial charge in [0.05, 0.1) is 0 Å². The lowest BCUT2D eigenvalue weighted by Crippen LogP contribution is -2.26.